The molecule has 3 atom stereocenters. The summed E-state index contributed by atoms with van der Waals surface area (Å²) in [7, 11) is 2.02. The Morgan fingerprint density at radius 1 is 1.20 bits per heavy atom. The number of rotatable bonds is 1. The maximum atomic E-state index is 3.64. The van der Waals surface area contributed by atoms with Gasteiger partial charge in [-0.25, -0.2) is 0 Å². The summed E-state index contributed by atoms with van der Waals surface area (Å²) in [5, 5.41) is 4.58. The van der Waals surface area contributed by atoms with E-state index in [0.29, 0.717) is 0 Å². The minimum atomic E-state index is 0.867. The summed E-state index contributed by atoms with van der Waals surface area (Å²) in [5.74, 6) is 0. The highest BCUT2D eigenvalue weighted by Gasteiger charge is 2.32. The zero-order chi connectivity index (χ0) is 6.97. The van der Waals surface area contributed by atoms with Gasteiger partial charge in [0.05, 0.1) is 0 Å². The summed E-state index contributed by atoms with van der Waals surface area (Å²) in [6.07, 6.45) is 5.67. The van der Waals surface area contributed by atoms with Crippen LogP contribution in [0.4, 0.5) is 0 Å². The van der Waals surface area contributed by atoms with Crippen LogP contribution in [0.25, 0.3) is 0 Å². The van der Waals surface area contributed by atoms with Gasteiger partial charge in [0.15, 0.2) is 0 Å². The summed E-state index contributed by atoms with van der Waals surface area (Å²) in [6.45, 7) is 0. The Labute approximate surface area is 78.3 Å². The molecule has 2 aliphatic rings. The first-order valence-electron chi connectivity index (χ1n) is 3.92. The van der Waals surface area contributed by atoms with Crippen molar-refractivity contribution in [3.8, 4) is 0 Å². The molecule has 2 fully saturated rings. The van der Waals surface area contributed by atoms with E-state index in [0.717, 1.165) is 17.3 Å². The summed E-state index contributed by atoms with van der Waals surface area (Å²) < 4.78 is 0. The molecule has 2 bridgehead atoms. The van der Waals surface area contributed by atoms with Crippen molar-refractivity contribution in [2.24, 2.45) is 0 Å². The van der Waals surface area contributed by atoms with Gasteiger partial charge in [0.1, 0.15) is 0 Å². The predicted molar refractivity (Wildman–Crippen MR) is 54.6 cm³/mol. The van der Waals surface area contributed by atoms with Gasteiger partial charge in [-0.05, 0) is 46.9 Å². The first-order chi connectivity index (χ1) is 4.88. The molecule has 2 heterocycles. The fraction of sp³-hybridized carbons (Fsp3) is 1.00. The average Bonchev–Trinajstić information content (AvgIpc) is 2.30. The Morgan fingerprint density at radius 2 is 1.80 bits per heavy atom. The van der Waals surface area contributed by atoms with E-state index in [9.17, 15) is 0 Å². The van der Waals surface area contributed by atoms with Crippen molar-refractivity contribution in [2.45, 2.75) is 43.0 Å². The number of halogens is 1. The number of hydrogen-bond acceptors (Lipinski definition) is 2. The minimum Gasteiger partial charge on any atom is -0.311 e. The second kappa shape index (κ2) is 3.19. The molecule has 2 aliphatic heterocycles. The maximum absolute atomic E-state index is 3.64. The summed E-state index contributed by atoms with van der Waals surface area (Å²) in [4.78, 5) is 0. The lowest BCUT2D eigenvalue weighted by atomic mass is 10.1. The molecule has 0 aliphatic carbocycles. The van der Waals surface area contributed by atoms with Crippen LogP contribution >= 0.6 is 30.1 Å². The van der Waals surface area contributed by atoms with Crippen molar-refractivity contribution in [3.05, 3.63) is 0 Å². The van der Waals surface area contributed by atoms with Gasteiger partial charge >= 0.3 is 0 Å². The molecule has 0 spiro atoms. The second-order valence-electron chi connectivity index (χ2n) is 3.32. The van der Waals surface area contributed by atoms with Crippen molar-refractivity contribution in [2.75, 3.05) is 0 Å². The molecule has 0 radical (unpaired) electrons. The largest absolute Gasteiger partial charge is 0.311 e. The average molecular weight is 269 g/mol. The van der Waals surface area contributed by atoms with E-state index < -0.39 is 0 Å². The number of nitrogens with one attached hydrogen (secondary N) is 1. The second-order valence-corrected chi connectivity index (χ2v) is 5.69. The summed E-state index contributed by atoms with van der Waals surface area (Å²) >= 11 is 2.44. The number of piperidine rings is 1. The third-order valence-electron chi connectivity index (χ3n) is 2.56. The number of hydrogen-bond donors (Lipinski definition) is 1. The molecule has 0 aromatic carbocycles. The van der Waals surface area contributed by atoms with Crippen LogP contribution in [-0.4, -0.2) is 17.3 Å². The summed E-state index contributed by atoms with van der Waals surface area (Å²) in [6, 6.07) is 1.73. The summed E-state index contributed by atoms with van der Waals surface area (Å²) in [5.41, 5.74) is 0. The highest BCUT2D eigenvalue weighted by molar-refractivity contribution is 14.2. The Bertz CT molecular complexity index is 119. The van der Waals surface area contributed by atoms with Gasteiger partial charge in [0, 0.05) is 17.3 Å². The first kappa shape index (κ1) is 7.68. The Morgan fingerprint density at radius 3 is 2.30 bits per heavy atom. The highest BCUT2D eigenvalue weighted by atomic mass is 127. The maximum Gasteiger partial charge on any atom is 0.0177 e. The molecule has 3 heteroatoms. The van der Waals surface area contributed by atoms with Crippen LogP contribution in [0, 0.1) is 0 Å². The molecule has 1 unspecified atom stereocenters. The smallest absolute Gasteiger partial charge is 0.0177 e. The molecule has 2 rings (SSSR count). The van der Waals surface area contributed by atoms with Crippen LogP contribution in [0.1, 0.15) is 25.7 Å². The van der Waals surface area contributed by atoms with Gasteiger partial charge in [-0.3, -0.25) is 0 Å². The van der Waals surface area contributed by atoms with E-state index >= 15 is 0 Å². The standard InChI is InChI=1S/C7H12INS/c8-10-7-3-5-1-2-6(4-7)9-5/h5-7,9H,1-4H2/t5-,6+,7?. The van der Waals surface area contributed by atoms with Gasteiger partial charge in [-0.15, -0.1) is 0 Å². The Kier molecular flexibility index (Phi) is 2.45. The van der Waals surface area contributed by atoms with Crippen LogP contribution in [0.15, 0.2) is 0 Å². The van der Waals surface area contributed by atoms with E-state index in [4.69, 9.17) is 0 Å². The van der Waals surface area contributed by atoms with Gasteiger partial charge in [-0.1, -0.05) is 8.93 Å². The Hall–Kier alpha value is 1.04. The molecule has 2 saturated heterocycles. The monoisotopic (exact) mass is 269 g/mol. The van der Waals surface area contributed by atoms with Crippen molar-refractivity contribution < 1.29 is 0 Å². The zero-order valence-electron chi connectivity index (χ0n) is 5.85. The quantitative estimate of drug-likeness (QED) is 0.733. The molecule has 0 aromatic heterocycles. The lowest BCUT2D eigenvalue weighted by Gasteiger charge is -2.26. The van der Waals surface area contributed by atoms with E-state index in [-0.39, 0.29) is 0 Å². The molecule has 1 nitrogen and oxygen atoms in total. The minimum absolute atomic E-state index is 0.867. The molecular formula is C7H12INS. The number of fused-ring (bicyclic) bond motifs is 2. The van der Waals surface area contributed by atoms with Gasteiger partial charge in [0.2, 0.25) is 0 Å². The molecule has 0 saturated carbocycles. The highest BCUT2D eigenvalue weighted by Crippen LogP contribution is 2.36. The van der Waals surface area contributed by atoms with Gasteiger partial charge in [0.25, 0.3) is 0 Å². The van der Waals surface area contributed by atoms with Gasteiger partial charge < -0.3 is 5.32 Å². The SMILES string of the molecule is ISC1C[C@H]2CC[C@@H](C1)N2. The normalized spacial score (nSPS) is 45.9. The van der Waals surface area contributed by atoms with Gasteiger partial charge in [-0.2, -0.15) is 0 Å². The third-order valence-corrected chi connectivity index (χ3v) is 5.35. The fourth-order valence-corrected chi connectivity index (χ4v) is 3.93. The molecule has 58 valence electrons. The van der Waals surface area contributed by atoms with Crippen LogP contribution in [-0.2, 0) is 0 Å². The van der Waals surface area contributed by atoms with Crippen LogP contribution in [0.3, 0.4) is 0 Å². The van der Waals surface area contributed by atoms with Crippen molar-refractivity contribution in [1.29, 1.82) is 0 Å². The van der Waals surface area contributed by atoms with Crippen molar-refractivity contribution >= 4 is 30.1 Å². The van der Waals surface area contributed by atoms with E-state index in [2.05, 4.69) is 26.5 Å². The fourth-order valence-electron chi connectivity index (χ4n) is 2.08. The lowest BCUT2D eigenvalue weighted by Crippen LogP contribution is -2.38. The molecular weight excluding hydrogens is 257 g/mol. The predicted octanol–water partition coefficient (Wildman–Crippen LogP) is 2.35. The molecule has 1 N–H and O–H groups in total. The van der Waals surface area contributed by atoms with Crippen LogP contribution in [0.5, 0.6) is 0 Å². The zero-order valence-corrected chi connectivity index (χ0v) is 8.82. The van der Waals surface area contributed by atoms with E-state index in [1.807, 2.05) is 8.93 Å². The van der Waals surface area contributed by atoms with E-state index in [1.165, 1.54) is 25.7 Å². The molecule has 0 aromatic rings. The van der Waals surface area contributed by atoms with Crippen molar-refractivity contribution in [3.63, 3.8) is 0 Å². The van der Waals surface area contributed by atoms with Crippen LogP contribution in [0.2, 0.25) is 0 Å². The third kappa shape index (κ3) is 1.46. The van der Waals surface area contributed by atoms with Crippen LogP contribution < -0.4 is 5.32 Å². The Balaban J connectivity index is 1.96. The molecule has 10 heavy (non-hydrogen) atoms. The van der Waals surface area contributed by atoms with Crippen molar-refractivity contribution in [1.82, 2.24) is 5.32 Å². The lowest BCUT2D eigenvalue weighted by molar-refractivity contribution is 0.416. The molecule has 0 amide bonds. The topological polar surface area (TPSA) is 12.0 Å². The first-order valence-corrected chi connectivity index (χ1v) is 7.34. The van der Waals surface area contributed by atoms with E-state index in [1.54, 1.807) is 0 Å².